The molecule has 0 atom stereocenters. The second kappa shape index (κ2) is 23.0. The van der Waals surface area contributed by atoms with E-state index in [9.17, 15) is 0 Å². The van der Waals surface area contributed by atoms with Gasteiger partial charge >= 0.3 is 44.8 Å². The van der Waals surface area contributed by atoms with Crippen LogP contribution in [0.3, 0.4) is 0 Å². The molecule has 9 aromatic rings. The maximum absolute atomic E-state index is 7.35. The predicted octanol–water partition coefficient (Wildman–Crippen LogP) is 11.4. The third kappa shape index (κ3) is 11.2. The fourth-order valence-corrected chi connectivity index (χ4v) is 13.4. The summed E-state index contributed by atoms with van der Waals surface area (Å²) in [6, 6.07) is 76.8. The molecule has 0 saturated heterocycles. The van der Waals surface area contributed by atoms with Crippen LogP contribution >= 0.6 is 15.8 Å². The maximum Gasteiger partial charge on any atom is 1.00 e. The van der Waals surface area contributed by atoms with E-state index < -0.39 is 15.8 Å². The van der Waals surface area contributed by atoms with E-state index in [1.165, 1.54) is 44.3 Å². The van der Waals surface area contributed by atoms with Crippen LogP contribution < -0.4 is 21.2 Å². The number of benzene rings is 9. The summed E-state index contributed by atoms with van der Waals surface area (Å²) in [5, 5.41) is 13.0. The average molecular weight is 1150 g/mol. The third-order valence-electron chi connectivity index (χ3n) is 9.94. The Morgan fingerprint density at radius 3 is 1.10 bits per heavy atom. The van der Waals surface area contributed by atoms with E-state index in [1.54, 1.807) is 0 Å². The SMILES string of the molecule is [Au+].[Au+].[C-]#Cc1cc2ccccc2c2ccccc12.[C-]#Cc1cccc2ccccc12.c1ccc([PH+](CC[PH+](c2ccccc2)c2ccccc2)c2ccccc2)cc1. The van der Waals surface area contributed by atoms with Gasteiger partial charge in [0.1, 0.15) is 12.3 Å². The van der Waals surface area contributed by atoms with Gasteiger partial charge in [0.05, 0.1) is 37.1 Å². The van der Waals surface area contributed by atoms with Crippen molar-refractivity contribution in [3.05, 3.63) is 242 Å². The van der Waals surface area contributed by atoms with Crippen LogP contribution in [0.2, 0.25) is 0 Å². The van der Waals surface area contributed by atoms with Crippen LogP contribution in [-0.2, 0) is 44.8 Å². The van der Waals surface area contributed by atoms with Crippen molar-refractivity contribution >= 4 is 69.4 Å². The van der Waals surface area contributed by atoms with E-state index in [4.69, 9.17) is 12.8 Å². The Morgan fingerprint density at radius 2 is 0.655 bits per heavy atom. The van der Waals surface area contributed by atoms with Crippen LogP contribution in [0.1, 0.15) is 11.1 Å². The van der Waals surface area contributed by atoms with Gasteiger partial charge in [0.2, 0.25) is 0 Å². The topological polar surface area (TPSA) is 0 Å². The number of hydrogen-bond acceptors (Lipinski definition) is 0. The van der Waals surface area contributed by atoms with E-state index in [-0.39, 0.29) is 44.8 Å². The number of rotatable bonds is 7. The zero-order valence-electron chi connectivity index (χ0n) is 31.8. The summed E-state index contributed by atoms with van der Waals surface area (Å²) in [6.45, 7) is 0. The van der Waals surface area contributed by atoms with E-state index in [1.807, 2.05) is 78.9 Å². The Morgan fingerprint density at radius 1 is 0.310 bits per heavy atom. The van der Waals surface area contributed by atoms with Gasteiger partial charge in [-0.2, -0.15) is 0 Å². The van der Waals surface area contributed by atoms with E-state index in [0.29, 0.717) is 0 Å². The molecule has 58 heavy (non-hydrogen) atoms. The van der Waals surface area contributed by atoms with Crippen LogP contribution in [0.5, 0.6) is 0 Å². The summed E-state index contributed by atoms with van der Waals surface area (Å²) in [5.41, 5.74) is 1.71. The second-order valence-electron chi connectivity index (χ2n) is 13.4. The molecular weight excluding hydrogens is 1100 g/mol. The summed E-state index contributed by atoms with van der Waals surface area (Å²) < 4.78 is 0. The average Bonchev–Trinajstić information content (AvgIpc) is 3.29. The van der Waals surface area contributed by atoms with Crippen molar-refractivity contribution in [2.24, 2.45) is 0 Å². The molecule has 0 N–H and O–H groups in total. The van der Waals surface area contributed by atoms with Crippen molar-refractivity contribution in [1.82, 2.24) is 0 Å². The molecule has 0 nitrogen and oxygen atoms in total. The summed E-state index contributed by atoms with van der Waals surface area (Å²) in [5.74, 6) is 4.93. The first-order valence-electron chi connectivity index (χ1n) is 18.9. The molecule has 0 aliphatic rings. The first-order valence-corrected chi connectivity index (χ1v) is 22.3. The Bertz CT molecular complexity index is 2560. The van der Waals surface area contributed by atoms with Gasteiger partial charge in [0.15, 0.2) is 0 Å². The molecule has 4 heteroatoms. The van der Waals surface area contributed by atoms with Crippen molar-refractivity contribution in [3.63, 3.8) is 0 Å². The van der Waals surface area contributed by atoms with Crippen molar-refractivity contribution in [1.29, 1.82) is 0 Å². The summed E-state index contributed by atoms with van der Waals surface area (Å²) in [7, 11) is -1.57. The molecule has 0 fully saturated rings. The Balaban J connectivity index is 0.000000180. The molecule has 0 aliphatic carbocycles. The first kappa shape index (κ1) is 44.3. The van der Waals surface area contributed by atoms with E-state index in [0.717, 1.165) is 32.7 Å². The Hall–Kier alpha value is -4.78. The van der Waals surface area contributed by atoms with Crippen LogP contribution in [-0.4, -0.2) is 12.3 Å². The maximum atomic E-state index is 7.35. The van der Waals surface area contributed by atoms with Gasteiger partial charge < -0.3 is 12.8 Å². The largest absolute Gasteiger partial charge is 1.00 e. The smallest absolute Gasteiger partial charge is 0.366 e. The molecule has 0 saturated carbocycles. The Labute approximate surface area is 377 Å². The molecule has 0 aromatic heterocycles. The molecule has 9 aromatic carbocycles. The minimum absolute atomic E-state index is 0. The van der Waals surface area contributed by atoms with Gasteiger partial charge in [-0.15, -0.1) is 23.3 Å². The second-order valence-corrected chi connectivity index (χ2v) is 18.6. The fourth-order valence-electron chi connectivity index (χ4n) is 7.21. The van der Waals surface area contributed by atoms with Gasteiger partial charge in [0.25, 0.3) is 0 Å². The third-order valence-corrected chi connectivity index (χ3v) is 16.1. The van der Waals surface area contributed by atoms with Gasteiger partial charge in [-0.1, -0.05) is 168 Å². The molecular formula is C54H42Au2P2+2. The molecule has 288 valence electrons. The van der Waals surface area contributed by atoms with Crippen molar-refractivity contribution in [2.45, 2.75) is 0 Å². The van der Waals surface area contributed by atoms with Crippen LogP contribution in [0.15, 0.2) is 218 Å². The van der Waals surface area contributed by atoms with Crippen LogP contribution in [0.4, 0.5) is 0 Å². The minimum Gasteiger partial charge on any atom is -0.366 e. The Kier molecular flexibility index (Phi) is 17.6. The van der Waals surface area contributed by atoms with Gasteiger partial charge in [-0.05, 0) is 70.1 Å². The van der Waals surface area contributed by atoms with Crippen molar-refractivity contribution < 1.29 is 44.8 Å². The zero-order chi connectivity index (χ0) is 38.4. The van der Waals surface area contributed by atoms with E-state index >= 15 is 0 Å². The molecule has 0 aliphatic heterocycles. The monoisotopic (exact) mass is 1150 g/mol. The summed E-state index contributed by atoms with van der Waals surface area (Å²) in [6.07, 6.45) is 16.9. The number of fused-ring (bicyclic) bond motifs is 4. The minimum atomic E-state index is -0.783. The number of hydrogen-bond donors (Lipinski definition) is 0. The molecule has 0 unspecified atom stereocenters. The molecule has 0 radical (unpaired) electrons. The predicted molar refractivity (Wildman–Crippen MR) is 249 cm³/mol. The fraction of sp³-hybridized carbons (Fsp3) is 0.0370. The molecule has 0 spiro atoms. The van der Waals surface area contributed by atoms with Crippen LogP contribution in [0.25, 0.3) is 32.3 Å². The molecule has 0 amide bonds. The molecule has 0 heterocycles. The molecule has 0 bridgehead atoms. The van der Waals surface area contributed by atoms with Gasteiger partial charge in [-0.3, -0.25) is 11.8 Å². The van der Waals surface area contributed by atoms with Crippen LogP contribution in [0, 0.1) is 24.7 Å². The first-order chi connectivity index (χ1) is 27.7. The van der Waals surface area contributed by atoms with Gasteiger partial charge in [-0.25, -0.2) is 0 Å². The van der Waals surface area contributed by atoms with Crippen molar-refractivity contribution in [2.75, 3.05) is 12.3 Å². The van der Waals surface area contributed by atoms with Gasteiger partial charge in [0, 0.05) is 0 Å². The normalized spacial score (nSPS) is 10.2. The molecule has 9 rings (SSSR count). The standard InChI is InChI=1S/C26H24P2.C16H9.C12H7.2Au/c1-5-13-23(14-6-1)27(24-15-7-2-8-16-24)21-22-28(25-17-9-3-10-18-25)26-19-11-4-12-20-26;1-2-12-11-13-7-3-4-9-15(13)16-10-6-5-8-14(12)16;1-2-10-7-5-8-11-6-3-4-9-12(10)11;;/h1-20H,21-22H2;3-11H;3-9H;;/q;2*-1;2*+1/p+2. The van der Waals surface area contributed by atoms with Crippen molar-refractivity contribution in [3.8, 4) is 11.8 Å². The van der Waals surface area contributed by atoms with E-state index in [2.05, 4.69) is 151 Å². The zero-order valence-corrected chi connectivity index (χ0v) is 38.1. The summed E-state index contributed by atoms with van der Waals surface area (Å²) >= 11 is 0. The summed E-state index contributed by atoms with van der Waals surface area (Å²) in [4.78, 5) is 0. The quantitative estimate of drug-likeness (QED) is 0.0491.